The van der Waals surface area contributed by atoms with Crippen LogP contribution in [0.4, 0.5) is 0 Å². The standard InChI is InChI=1S/C18H17NO2/c20-12-9-10-16-15(11-12)14-7-4-8-17(18(14)19-16)21-13-5-2-1-3-6-13/h1-8,12,19-20H,9-11H2. The quantitative estimate of drug-likeness (QED) is 0.749. The number of ether oxygens (including phenoxy) is 1. The van der Waals surface area contributed by atoms with Crippen molar-refractivity contribution in [2.75, 3.05) is 0 Å². The van der Waals surface area contributed by atoms with Crippen molar-refractivity contribution >= 4 is 10.9 Å². The number of hydrogen-bond donors (Lipinski definition) is 2. The number of rotatable bonds is 2. The number of aromatic nitrogens is 1. The van der Waals surface area contributed by atoms with E-state index in [2.05, 4.69) is 11.1 Å². The van der Waals surface area contributed by atoms with Crippen molar-refractivity contribution < 1.29 is 9.84 Å². The molecule has 0 bridgehead atoms. The van der Waals surface area contributed by atoms with Crippen LogP contribution in [0.2, 0.25) is 0 Å². The number of benzene rings is 2. The summed E-state index contributed by atoms with van der Waals surface area (Å²) in [5.41, 5.74) is 3.50. The van der Waals surface area contributed by atoms with Gasteiger partial charge in [0.15, 0.2) is 5.75 Å². The summed E-state index contributed by atoms with van der Waals surface area (Å²) in [7, 11) is 0. The van der Waals surface area contributed by atoms with E-state index in [1.54, 1.807) is 0 Å². The second-order valence-corrected chi connectivity index (χ2v) is 5.57. The summed E-state index contributed by atoms with van der Waals surface area (Å²) in [6, 6.07) is 15.9. The Morgan fingerprint density at radius 1 is 1.05 bits per heavy atom. The molecule has 1 aromatic heterocycles. The molecule has 1 heterocycles. The van der Waals surface area contributed by atoms with Gasteiger partial charge in [-0.05, 0) is 36.6 Å². The first-order valence-electron chi connectivity index (χ1n) is 7.34. The largest absolute Gasteiger partial charge is 0.455 e. The monoisotopic (exact) mass is 279 g/mol. The van der Waals surface area contributed by atoms with Gasteiger partial charge in [0.2, 0.25) is 0 Å². The summed E-state index contributed by atoms with van der Waals surface area (Å²) >= 11 is 0. The van der Waals surface area contributed by atoms with Gasteiger partial charge >= 0.3 is 0 Å². The normalized spacial score (nSPS) is 17.7. The molecular formula is C18H17NO2. The van der Waals surface area contributed by atoms with Crippen LogP contribution in [0.5, 0.6) is 11.5 Å². The highest BCUT2D eigenvalue weighted by atomic mass is 16.5. The third-order valence-corrected chi connectivity index (χ3v) is 4.13. The molecule has 21 heavy (non-hydrogen) atoms. The Labute approximate surface area is 123 Å². The highest BCUT2D eigenvalue weighted by Crippen LogP contribution is 2.35. The van der Waals surface area contributed by atoms with Crippen molar-refractivity contribution in [1.82, 2.24) is 4.98 Å². The molecular weight excluding hydrogens is 262 g/mol. The molecule has 1 aliphatic rings. The fourth-order valence-electron chi connectivity index (χ4n) is 3.10. The molecule has 0 radical (unpaired) electrons. The van der Waals surface area contributed by atoms with Crippen molar-refractivity contribution in [3.05, 3.63) is 59.8 Å². The number of hydrogen-bond acceptors (Lipinski definition) is 2. The first-order valence-corrected chi connectivity index (χ1v) is 7.34. The van der Waals surface area contributed by atoms with Crippen molar-refractivity contribution in [3.8, 4) is 11.5 Å². The molecule has 1 atom stereocenters. The molecule has 1 aliphatic carbocycles. The summed E-state index contributed by atoms with van der Waals surface area (Å²) in [6.45, 7) is 0. The fraction of sp³-hybridized carbons (Fsp3) is 0.222. The summed E-state index contributed by atoms with van der Waals surface area (Å²) in [5.74, 6) is 1.67. The average Bonchev–Trinajstić information content (AvgIpc) is 2.88. The zero-order valence-corrected chi connectivity index (χ0v) is 11.7. The highest BCUT2D eigenvalue weighted by molar-refractivity contribution is 5.90. The van der Waals surface area contributed by atoms with Gasteiger partial charge in [0.25, 0.3) is 0 Å². The first-order chi connectivity index (χ1) is 10.3. The summed E-state index contributed by atoms with van der Waals surface area (Å²) in [5, 5.41) is 11.1. The maximum atomic E-state index is 9.89. The molecule has 1 unspecified atom stereocenters. The first kappa shape index (κ1) is 12.5. The predicted molar refractivity (Wildman–Crippen MR) is 82.8 cm³/mol. The molecule has 2 N–H and O–H groups in total. The van der Waals surface area contributed by atoms with E-state index in [9.17, 15) is 5.11 Å². The van der Waals surface area contributed by atoms with Crippen LogP contribution in [0, 0.1) is 0 Å². The van der Waals surface area contributed by atoms with Gasteiger partial charge in [-0.2, -0.15) is 0 Å². The Balaban J connectivity index is 1.80. The number of H-pyrrole nitrogens is 1. The molecule has 3 aromatic rings. The number of aliphatic hydroxyl groups is 1. The number of aliphatic hydroxyl groups excluding tert-OH is 1. The minimum absolute atomic E-state index is 0.227. The molecule has 0 fully saturated rings. The lowest BCUT2D eigenvalue weighted by atomic mass is 9.93. The Hall–Kier alpha value is -2.26. The topological polar surface area (TPSA) is 45.2 Å². The molecule has 0 amide bonds. The minimum Gasteiger partial charge on any atom is -0.455 e. The number of fused-ring (bicyclic) bond motifs is 3. The van der Waals surface area contributed by atoms with Crippen LogP contribution >= 0.6 is 0 Å². The molecule has 3 nitrogen and oxygen atoms in total. The maximum Gasteiger partial charge on any atom is 0.151 e. The van der Waals surface area contributed by atoms with Crippen LogP contribution in [0.1, 0.15) is 17.7 Å². The van der Waals surface area contributed by atoms with E-state index in [-0.39, 0.29) is 6.10 Å². The Morgan fingerprint density at radius 2 is 1.90 bits per heavy atom. The molecule has 3 heteroatoms. The molecule has 106 valence electrons. The predicted octanol–water partition coefficient (Wildman–Crippen LogP) is 3.81. The number of para-hydroxylation sites is 2. The van der Waals surface area contributed by atoms with Gasteiger partial charge in [0, 0.05) is 17.5 Å². The Bertz CT molecular complexity index is 777. The summed E-state index contributed by atoms with van der Waals surface area (Å²) in [6.07, 6.45) is 2.23. The van der Waals surface area contributed by atoms with E-state index < -0.39 is 0 Å². The number of nitrogens with one attached hydrogen (secondary N) is 1. The van der Waals surface area contributed by atoms with Crippen molar-refractivity contribution in [2.45, 2.75) is 25.4 Å². The number of aromatic amines is 1. The van der Waals surface area contributed by atoms with Gasteiger partial charge in [-0.3, -0.25) is 0 Å². The van der Waals surface area contributed by atoms with Gasteiger partial charge in [-0.15, -0.1) is 0 Å². The fourth-order valence-corrected chi connectivity index (χ4v) is 3.10. The van der Waals surface area contributed by atoms with Gasteiger partial charge in [-0.1, -0.05) is 30.3 Å². The van der Waals surface area contributed by atoms with E-state index in [1.165, 1.54) is 11.3 Å². The van der Waals surface area contributed by atoms with Gasteiger partial charge in [0.05, 0.1) is 11.6 Å². The lowest BCUT2D eigenvalue weighted by Crippen LogP contribution is -2.17. The van der Waals surface area contributed by atoms with Crippen LogP contribution in [0.25, 0.3) is 10.9 Å². The van der Waals surface area contributed by atoms with Crippen LogP contribution in [-0.2, 0) is 12.8 Å². The Morgan fingerprint density at radius 3 is 2.76 bits per heavy atom. The Kier molecular flexibility index (Phi) is 2.93. The van der Waals surface area contributed by atoms with Crippen molar-refractivity contribution in [3.63, 3.8) is 0 Å². The van der Waals surface area contributed by atoms with E-state index in [4.69, 9.17) is 4.74 Å². The molecule has 0 saturated heterocycles. The van der Waals surface area contributed by atoms with Crippen LogP contribution in [0.15, 0.2) is 48.5 Å². The minimum atomic E-state index is -0.227. The zero-order valence-electron chi connectivity index (χ0n) is 11.7. The smallest absolute Gasteiger partial charge is 0.151 e. The van der Waals surface area contributed by atoms with E-state index >= 15 is 0 Å². The van der Waals surface area contributed by atoms with Gasteiger partial charge in [0.1, 0.15) is 5.75 Å². The lowest BCUT2D eigenvalue weighted by molar-refractivity contribution is 0.158. The third kappa shape index (κ3) is 2.20. The molecule has 0 spiro atoms. The molecule has 2 aromatic carbocycles. The maximum absolute atomic E-state index is 9.89. The molecule has 0 aliphatic heterocycles. The van der Waals surface area contributed by atoms with E-state index in [0.717, 1.165) is 41.7 Å². The summed E-state index contributed by atoms with van der Waals surface area (Å²) in [4.78, 5) is 3.49. The lowest BCUT2D eigenvalue weighted by Gasteiger charge is -2.17. The average molecular weight is 279 g/mol. The molecule has 0 saturated carbocycles. The highest BCUT2D eigenvalue weighted by Gasteiger charge is 2.22. The van der Waals surface area contributed by atoms with Crippen molar-refractivity contribution in [2.24, 2.45) is 0 Å². The second kappa shape index (κ2) is 4.93. The van der Waals surface area contributed by atoms with Crippen molar-refractivity contribution in [1.29, 1.82) is 0 Å². The summed E-state index contributed by atoms with van der Waals surface area (Å²) < 4.78 is 6.00. The van der Waals surface area contributed by atoms with E-state index in [1.807, 2.05) is 42.5 Å². The van der Waals surface area contributed by atoms with E-state index in [0.29, 0.717) is 0 Å². The zero-order chi connectivity index (χ0) is 14.2. The third-order valence-electron chi connectivity index (χ3n) is 4.13. The molecule has 4 rings (SSSR count). The second-order valence-electron chi connectivity index (χ2n) is 5.57. The number of aryl methyl sites for hydroxylation is 1. The van der Waals surface area contributed by atoms with Crippen LogP contribution < -0.4 is 4.74 Å². The SMILES string of the molecule is OC1CCc2[nH]c3c(Oc4ccccc4)cccc3c2C1. The van der Waals surface area contributed by atoms with Gasteiger partial charge < -0.3 is 14.8 Å². The van der Waals surface area contributed by atoms with Crippen LogP contribution in [-0.4, -0.2) is 16.2 Å². The van der Waals surface area contributed by atoms with Gasteiger partial charge in [-0.25, -0.2) is 0 Å². The van der Waals surface area contributed by atoms with Crippen LogP contribution in [0.3, 0.4) is 0 Å².